The van der Waals surface area contributed by atoms with Crippen molar-refractivity contribution in [2.24, 2.45) is 5.92 Å². The van der Waals surface area contributed by atoms with Crippen LogP contribution in [0.4, 0.5) is 4.39 Å². The van der Waals surface area contributed by atoms with Crippen LogP contribution in [0.15, 0.2) is 48.7 Å². The fourth-order valence-electron chi connectivity index (χ4n) is 4.20. The molecule has 7 heteroatoms. The quantitative estimate of drug-likeness (QED) is 0.465. The number of Topliss-reactive ketones (excluding diaryl/α,β-unsaturated/α-hetero) is 1. The SMILES string of the molecule is CCc1cccc2c(C(=O)COC(=O)C3CCCN(C(=O)c4ccc(F)cc4)C3)c[nH]c12. The highest BCUT2D eigenvalue weighted by Crippen LogP contribution is 2.24. The Hall–Kier alpha value is -3.48. The molecule has 1 fully saturated rings. The largest absolute Gasteiger partial charge is 0.457 e. The number of aromatic amines is 1. The lowest BCUT2D eigenvalue weighted by atomic mass is 9.97. The number of esters is 1. The smallest absolute Gasteiger partial charge is 0.311 e. The normalized spacial score (nSPS) is 16.2. The zero-order valence-electron chi connectivity index (χ0n) is 17.9. The molecule has 4 rings (SSSR count). The minimum Gasteiger partial charge on any atom is -0.457 e. The van der Waals surface area contributed by atoms with E-state index >= 15 is 0 Å². The molecule has 6 nitrogen and oxygen atoms in total. The topological polar surface area (TPSA) is 79.5 Å². The molecule has 0 radical (unpaired) electrons. The summed E-state index contributed by atoms with van der Waals surface area (Å²) < 4.78 is 18.5. The first-order chi connectivity index (χ1) is 15.5. The molecule has 1 aliphatic rings. The molecule has 1 aliphatic heterocycles. The van der Waals surface area contributed by atoms with Crippen LogP contribution in [0.5, 0.6) is 0 Å². The zero-order chi connectivity index (χ0) is 22.7. The number of aryl methyl sites for hydroxylation is 1. The van der Waals surface area contributed by atoms with Gasteiger partial charge in [0.05, 0.1) is 5.92 Å². The van der Waals surface area contributed by atoms with Crippen molar-refractivity contribution in [3.05, 3.63) is 71.2 Å². The highest BCUT2D eigenvalue weighted by atomic mass is 19.1. The standard InChI is InChI=1S/C25H25FN2O4/c1-2-16-5-3-7-20-21(13-27-23(16)20)22(29)15-32-25(31)18-6-4-12-28(14-18)24(30)17-8-10-19(26)11-9-17/h3,5,7-11,13,18,27H,2,4,6,12,14-15H2,1H3. The van der Waals surface area contributed by atoms with E-state index < -0.39 is 17.7 Å². The lowest BCUT2D eigenvalue weighted by molar-refractivity contribution is -0.148. The summed E-state index contributed by atoms with van der Waals surface area (Å²) in [6.07, 6.45) is 3.75. The molecule has 0 spiro atoms. The minimum atomic E-state index is -0.490. The molecule has 2 aromatic carbocycles. The average Bonchev–Trinajstić information content (AvgIpc) is 3.27. The lowest BCUT2D eigenvalue weighted by Crippen LogP contribution is -2.43. The summed E-state index contributed by atoms with van der Waals surface area (Å²) in [7, 11) is 0. The number of H-pyrrole nitrogens is 1. The van der Waals surface area contributed by atoms with Crippen LogP contribution in [-0.4, -0.2) is 47.2 Å². The summed E-state index contributed by atoms with van der Waals surface area (Å²) in [5.41, 5.74) is 2.92. The number of rotatable bonds is 6. The predicted octanol–water partition coefficient (Wildman–Crippen LogP) is 4.15. The Kier molecular flexibility index (Phi) is 6.35. The van der Waals surface area contributed by atoms with Gasteiger partial charge in [-0.3, -0.25) is 14.4 Å². The van der Waals surface area contributed by atoms with E-state index in [0.717, 1.165) is 22.9 Å². The zero-order valence-corrected chi connectivity index (χ0v) is 17.9. The number of ether oxygens (including phenoxy) is 1. The lowest BCUT2D eigenvalue weighted by Gasteiger charge is -2.31. The van der Waals surface area contributed by atoms with Crippen LogP contribution in [0.1, 0.15) is 46.0 Å². The third-order valence-corrected chi connectivity index (χ3v) is 5.96. The van der Waals surface area contributed by atoms with E-state index in [1.807, 2.05) is 25.1 Å². The molecule has 3 aromatic rings. The molecule has 1 unspecified atom stereocenters. The van der Waals surface area contributed by atoms with Crippen LogP contribution in [-0.2, 0) is 16.0 Å². The van der Waals surface area contributed by atoms with E-state index in [1.165, 1.54) is 24.3 Å². The number of hydrogen-bond acceptors (Lipinski definition) is 4. The van der Waals surface area contributed by atoms with Gasteiger partial charge in [-0.1, -0.05) is 25.1 Å². The maximum Gasteiger partial charge on any atom is 0.311 e. The fraction of sp³-hybridized carbons (Fsp3) is 0.320. The molecule has 0 bridgehead atoms. The van der Waals surface area contributed by atoms with Crippen molar-refractivity contribution in [1.82, 2.24) is 9.88 Å². The number of amides is 1. The van der Waals surface area contributed by atoms with Gasteiger partial charge < -0.3 is 14.6 Å². The van der Waals surface area contributed by atoms with Gasteiger partial charge in [0.1, 0.15) is 5.82 Å². The van der Waals surface area contributed by atoms with Crippen molar-refractivity contribution in [3.63, 3.8) is 0 Å². The van der Waals surface area contributed by atoms with Crippen molar-refractivity contribution < 1.29 is 23.5 Å². The van der Waals surface area contributed by atoms with Crippen LogP contribution < -0.4 is 0 Å². The number of carbonyl (C=O) groups is 3. The van der Waals surface area contributed by atoms with Crippen LogP contribution in [0.25, 0.3) is 10.9 Å². The maximum atomic E-state index is 13.1. The number of hydrogen-bond donors (Lipinski definition) is 1. The summed E-state index contributed by atoms with van der Waals surface area (Å²) in [5, 5.41) is 0.819. The number of para-hydroxylation sites is 1. The monoisotopic (exact) mass is 436 g/mol. The Morgan fingerprint density at radius 3 is 2.69 bits per heavy atom. The summed E-state index contributed by atoms with van der Waals surface area (Å²) in [6.45, 7) is 2.45. The van der Waals surface area contributed by atoms with Crippen molar-refractivity contribution in [1.29, 1.82) is 0 Å². The molecule has 1 amide bonds. The number of fused-ring (bicyclic) bond motifs is 1. The number of halogens is 1. The Balaban J connectivity index is 1.37. The van der Waals surface area contributed by atoms with Crippen molar-refractivity contribution >= 4 is 28.6 Å². The van der Waals surface area contributed by atoms with E-state index in [9.17, 15) is 18.8 Å². The fourth-order valence-corrected chi connectivity index (χ4v) is 4.20. The van der Waals surface area contributed by atoms with Crippen molar-refractivity contribution in [2.45, 2.75) is 26.2 Å². The molecular weight excluding hydrogens is 411 g/mol. The van der Waals surface area contributed by atoms with E-state index in [2.05, 4.69) is 4.98 Å². The van der Waals surface area contributed by atoms with Gasteiger partial charge in [0.15, 0.2) is 6.61 Å². The molecule has 166 valence electrons. The Morgan fingerprint density at radius 1 is 1.16 bits per heavy atom. The molecule has 0 aliphatic carbocycles. The van der Waals surface area contributed by atoms with Crippen LogP contribution in [0.2, 0.25) is 0 Å². The van der Waals surface area contributed by atoms with Gasteiger partial charge in [-0.2, -0.15) is 0 Å². The van der Waals surface area contributed by atoms with Gasteiger partial charge in [0, 0.05) is 41.3 Å². The highest BCUT2D eigenvalue weighted by Gasteiger charge is 2.30. The molecule has 1 atom stereocenters. The Bertz CT molecular complexity index is 1150. The summed E-state index contributed by atoms with van der Waals surface area (Å²) in [4.78, 5) is 42.7. The molecule has 32 heavy (non-hydrogen) atoms. The first-order valence-corrected chi connectivity index (χ1v) is 10.8. The number of aromatic nitrogens is 1. The van der Waals surface area contributed by atoms with Crippen LogP contribution in [0, 0.1) is 11.7 Å². The summed E-state index contributed by atoms with van der Waals surface area (Å²) >= 11 is 0. The van der Waals surface area contributed by atoms with Gasteiger partial charge in [-0.05, 0) is 49.1 Å². The molecular formula is C25H25FN2O4. The van der Waals surface area contributed by atoms with Gasteiger partial charge in [0.25, 0.3) is 5.91 Å². The van der Waals surface area contributed by atoms with Gasteiger partial charge in [-0.15, -0.1) is 0 Å². The third-order valence-electron chi connectivity index (χ3n) is 5.96. The average molecular weight is 436 g/mol. The van der Waals surface area contributed by atoms with Crippen LogP contribution in [0.3, 0.4) is 0 Å². The second-order valence-corrected chi connectivity index (χ2v) is 8.02. The Morgan fingerprint density at radius 2 is 1.94 bits per heavy atom. The Labute approximate surface area is 185 Å². The number of benzene rings is 2. The van der Waals surface area contributed by atoms with Crippen LogP contribution >= 0.6 is 0 Å². The third kappa shape index (κ3) is 4.42. The molecule has 1 saturated heterocycles. The highest BCUT2D eigenvalue weighted by molar-refractivity contribution is 6.09. The predicted molar refractivity (Wildman–Crippen MR) is 118 cm³/mol. The number of piperidine rings is 1. The van der Waals surface area contributed by atoms with E-state index in [4.69, 9.17) is 4.74 Å². The van der Waals surface area contributed by atoms with Gasteiger partial charge in [0.2, 0.25) is 5.78 Å². The molecule has 2 heterocycles. The van der Waals surface area contributed by atoms with Gasteiger partial charge in [-0.25, -0.2) is 4.39 Å². The summed E-state index contributed by atoms with van der Waals surface area (Å²) in [5.74, 6) is -1.90. The number of nitrogens with zero attached hydrogens (tertiary/aromatic N) is 1. The molecule has 0 saturated carbocycles. The molecule has 1 aromatic heterocycles. The van der Waals surface area contributed by atoms with Crippen molar-refractivity contribution in [3.8, 4) is 0 Å². The second kappa shape index (κ2) is 9.34. The first kappa shape index (κ1) is 21.7. The van der Waals surface area contributed by atoms with E-state index in [1.54, 1.807) is 11.1 Å². The number of likely N-dealkylation sites (tertiary alicyclic amines) is 1. The summed E-state index contributed by atoms with van der Waals surface area (Å²) in [6, 6.07) is 11.1. The van der Waals surface area contributed by atoms with Crippen molar-refractivity contribution in [2.75, 3.05) is 19.7 Å². The van der Waals surface area contributed by atoms with E-state index in [0.29, 0.717) is 30.5 Å². The second-order valence-electron chi connectivity index (χ2n) is 8.02. The number of carbonyl (C=O) groups excluding carboxylic acids is 3. The first-order valence-electron chi connectivity index (χ1n) is 10.8. The number of nitrogens with one attached hydrogen (secondary N) is 1. The minimum absolute atomic E-state index is 0.218. The molecule has 1 N–H and O–H groups in total. The maximum absolute atomic E-state index is 13.1. The van der Waals surface area contributed by atoms with E-state index in [-0.39, 0.29) is 24.8 Å². The number of ketones is 1. The van der Waals surface area contributed by atoms with Gasteiger partial charge >= 0.3 is 5.97 Å².